The summed E-state index contributed by atoms with van der Waals surface area (Å²) in [5, 5.41) is 13.7. The second kappa shape index (κ2) is 10.6. The Bertz CT molecular complexity index is 1190. The van der Waals surface area contributed by atoms with E-state index in [0.29, 0.717) is 43.7 Å². The van der Waals surface area contributed by atoms with E-state index >= 15 is 0 Å². The lowest BCUT2D eigenvalue weighted by molar-refractivity contribution is -0.112. The van der Waals surface area contributed by atoms with Crippen molar-refractivity contribution in [1.82, 2.24) is 0 Å². The molecule has 3 aromatic rings. The van der Waals surface area contributed by atoms with Gasteiger partial charge in [-0.2, -0.15) is 5.26 Å². The highest BCUT2D eigenvalue weighted by Crippen LogP contribution is 2.28. The van der Waals surface area contributed by atoms with Crippen LogP contribution in [0.3, 0.4) is 0 Å². The summed E-state index contributed by atoms with van der Waals surface area (Å²) < 4.78 is 5.73. The van der Waals surface area contributed by atoms with Crippen molar-refractivity contribution in [3.8, 4) is 11.8 Å². The third kappa shape index (κ3) is 6.40. The van der Waals surface area contributed by atoms with Gasteiger partial charge in [-0.1, -0.05) is 64.6 Å². The molecule has 0 atom stereocenters. The molecule has 8 heteroatoms. The molecule has 0 aliphatic rings. The number of amides is 1. The average molecular weight is 492 g/mol. The number of carbonyl (C=O) groups is 1. The van der Waals surface area contributed by atoms with Crippen LogP contribution in [-0.2, 0) is 11.4 Å². The third-order valence-corrected chi connectivity index (χ3v) is 5.40. The number of benzene rings is 3. The molecule has 0 aliphatic carbocycles. The van der Waals surface area contributed by atoms with Gasteiger partial charge < -0.3 is 10.1 Å². The SMILES string of the molecule is N#C/C(=C\c1ccc(OCc2ccc(Cl)cc2)c(Cl)c1)C(=O)Nc1ccc(Cl)c(Cl)c1. The molecule has 0 spiro atoms. The van der Waals surface area contributed by atoms with Gasteiger partial charge in [-0.3, -0.25) is 4.79 Å². The molecule has 0 heterocycles. The number of hydrogen-bond acceptors (Lipinski definition) is 3. The van der Waals surface area contributed by atoms with E-state index in [4.69, 9.17) is 51.1 Å². The Hall–Kier alpha value is -2.68. The Kier molecular flexibility index (Phi) is 7.84. The van der Waals surface area contributed by atoms with Crippen LogP contribution < -0.4 is 10.1 Å². The van der Waals surface area contributed by atoms with E-state index in [1.807, 2.05) is 18.2 Å². The number of nitriles is 1. The number of nitrogens with one attached hydrogen (secondary N) is 1. The maximum Gasteiger partial charge on any atom is 0.266 e. The molecule has 0 fully saturated rings. The van der Waals surface area contributed by atoms with Crippen molar-refractivity contribution in [2.45, 2.75) is 6.61 Å². The van der Waals surface area contributed by atoms with E-state index in [9.17, 15) is 10.1 Å². The van der Waals surface area contributed by atoms with E-state index < -0.39 is 5.91 Å². The number of rotatable bonds is 6. The van der Waals surface area contributed by atoms with Crippen LogP contribution in [0.1, 0.15) is 11.1 Å². The summed E-state index contributed by atoms with van der Waals surface area (Å²) in [6, 6.07) is 18.8. The number of nitrogens with zero attached hydrogens (tertiary/aromatic N) is 1. The second-order valence-corrected chi connectivity index (χ2v) is 8.02. The molecule has 3 rings (SSSR count). The van der Waals surface area contributed by atoms with Crippen LogP contribution in [0.2, 0.25) is 20.1 Å². The van der Waals surface area contributed by atoms with Crippen molar-refractivity contribution >= 4 is 64.1 Å². The van der Waals surface area contributed by atoms with Crippen LogP contribution in [-0.4, -0.2) is 5.91 Å². The van der Waals surface area contributed by atoms with Gasteiger partial charge in [0.1, 0.15) is 24.0 Å². The fraction of sp³-hybridized carbons (Fsp3) is 0.0435. The highest BCUT2D eigenvalue weighted by Gasteiger charge is 2.11. The quantitative estimate of drug-likeness (QED) is 0.288. The molecular formula is C23H14Cl4N2O2. The summed E-state index contributed by atoms with van der Waals surface area (Å²) in [4.78, 5) is 12.4. The zero-order valence-corrected chi connectivity index (χ0v) is 18.9. The Morgan fingerprint density at radius 3 is 2.32 bits per heavy atom. The van der Waals surface area contributed by atoms with Crippen LogP contribution >= 0.6 is 46.4 Å². The number of halogens is 4. The minimum atomic E-state index is -0.583. The number of anilines is 1. The van der Waals surface area contributed by atoms with Crippen molar-refractivity contribution in [1.29, 1.82) is 5.26 Å². The van der Waals surface area contributed by atoms with Crippen LogP contribution in [0.4, 0.5) is 5.69 Å². The van der Waals surface area contributed by atoms with Gasteiger partial charge in [0.05, 0.1) is 15.1 Å². The predicted molar refractivity (Wildman–Crippen MR) is 126 cm³/mol. The Labute approximate surface area is 199 Å². The van der Waals surface area contributed by atoms with Gasteiger partial charge in [0.25, 0.3) is 5.91 Å². The lowest BCUT2D eigenvalue weighted by Crippen LogP contribution is -2.13. The zero-order chi connectivity index (χ0) is 22.4. The van der Waals surface area contributed by atoms with Gasteiger partial charge in [0.15, 0.2) is 0 Å². The van der Waals surface area contributed by atoms with Crippen molar-refractivity contribution in [3.63, 3.8) is 0 Å². The molecule has 0 saturated carbocycles. The molecule has 0 bridgehead atoms. The molecule has 3 aromatic carbocycles. The molecule has 31 heavy (non-hydrogen) atoms. The van der Waals surface area contributed by atoms with Gasteiger partial charge in [-0.15, -0.1) is 0 Å². The molecule has 0 aliphatic heterocycles. The number of carbonyl (C=O) groups excluding carboxylic acids is 1. The van der Waals surface area contributed by atoms with E-state index in [-0.39, 0.29) is 5.57 Å². The minimum Gasteiger partial charge on any atom is -0.487 e. The van der Waals surface area contributed by atoms with E-state index in [1.165, 1.54) is 12.1 Å². The smallest absolute Gasteiger partial charge is 0.266 e. The highest BCUT2D eigenvalue weighted by atomic mass is 35.5. The average Bonchev–Trinajstić information content (AvgIpc) is 2.75. The lowest BCUT2D eigenvalue weighted by Gasteiger charge is -2.09. The topological polar surface area (TPSA) is 62.1 Å². The van der Waals surface area contributed by atoms with Crippen molar-refractivity contribution < 1.29 is 9.53 Å². The molecule has 1 N–H and O–H groups in total. The summed E-state index contributed by atoms with van der Waals surface area (Å²) in [5.74, 6) is -0.104. The molecule has 4 nitrogen and oxygen atoms in total. The monoisotopic (exact) mass is 490 g/mol. The van der Waals surface area contributed by atoms with Gasteiger partial charge >= 0.3 is 0 Å². The molecule has 0 unspecified atom stereocenters. The van der Waals surface area contributed by atoms with Gasteiger partial charge in [0, 0.05) is 10.7 Å². The third-order valence-electron chi connectivity index (χ3n) is 4.12. The normalized spacial score (nSPS) is 11.0. The fourth-order valence-electron chi connectivity index (χ4n) is 2.55. The Balaban J connectivity index is 1.70. The van der Waals surface area contributed by atoms with Crippen molar-refractivity contribution in [2.75, 3.05) is 5.32 Å². The highest BCUT2D eigenvalue weighted by molar-refractivity contribution is 6.42. The number of hydrogen-bond donors (Lipinski definition) is 1. The summed E-state index contributed by atoms with van der Waals surface area (Å²) in [6.45, 7) is 0.321. The van der Waals surface area contributed by atoms with E-state index in [2.05, 4.69) is 5.32 Å². The second-order valence-electron chi connectivity index (χ2n) is 6.36. The van der Waals surface area contributed by atoms with Gasteiger partial charge in [-0.25, -0.2) is 0 Å². The summed E-state index contributed by atoms with van der Waals surface area (Å²) in [6.07, 6.45) is 1.43. The first-order valence-electron chi connectivity index (χ1n) is 8.90. The first-order valence-corrected chi connectivity index (χ1v) is 10.4. The Morgan fingerprint density at radius 1 is 0.935 bits per heavy atom. The summed E-state index contributed by atoms with van der Waals surface area (Å²) in [5.41, 5.74) is 1.83. The molecule has 0 saturated heterocycles. The van der Waals surface area contributed by atoms with Crippen LogP contribution in [0.5, 0.6) is 5.75 Å². The maximum absolute atomic E-state index is 12.4. The van der Waals surface area contributed by atoms with E-state index in [0.717, 1.165) is 5.56 Å². The molecule has 1 amide bonds. The molecule has 0 radical (unpaired) electrons. The summed E-state index contributed by atoms with van der Waals surface area (Å²) >= 11 is 24.0. The Morgan fingerprint density at radius 2 is 1.68 bits per heavy atom. The van der Waals surface area contributed by atoms with Crippen LogP contribution in [0, 0.1) is 11.3 Å². The standard InChI is InChI=1S/C23H14Cl4N2O2/c24-17-4-1-14(2-5-17)13-31-22-8-3-15(10-21(22)27)9-16(12-28)23(30)29-18-6-7-19(25)20(26)11-18/h1-11H,13H2,(H,29,30)/b16-9+. The molecule has 0 aromatic heterocycles. The largest absolute Gasteiger partial charge is 0.487 e. The molecular weight excluding hydrogens is 478 g/mol. The molecule has 156 valence electrons. The van der Waals surface area contributed by atoms with Gasteiger partial charge in [-0.05, 0) is 59.7 Å². The predicted octanol–water partition coefficient (Wildman–Crippen LogP) is 7.42. The van der Waals surface area contributed by atoms with Crippen molar-refractivity contribution in [2.24, 2.45) is 0 Å². The van der Waals surface area contributed by atoms with Crippen LogP contribution in [0.15, 0.2) is 66.2 Å². The minimum absolute atomic E-state index is 0.100. The van der Waals surface area contributed by atoms with Gasteiger partial charge in [0.2, 0.25) is 0 Å². The fourth-order valence-corrected chi connectivity index (χ4v) is 3.22. The summed E-state index contributed by atoms with van der Waals surface area (Å²) in [7, 11) is 0. The maximum atomic E-state index is 12.4. The lowest BCUT2D eigenvalue weighted by atomic mass is 10.1. The number of ether oxygens (including phenoxy) is 1. The zero-order valence-electron chi connectivity index (χ0n) is 15.8. The first-order chi connectivity index (χ1) is 14.9. The van der Waals surface area contributed by atoms with Crippen LogP contribution in [0.25, 0.3) is 6.08 Å². The van der Waals surface area contributed by atoms with E-state index in [1.54, 1.807) is 42.5 Å². The van der Waals surface area contributed by atoms with Crippen molar-refractivity contribution in [3.05, 3.63) is 97.5 Å². The first kappa shape index (κ1) is 23.0.